The predicted molar refractivity (Wildman–Crippen MR) is 150 cm³/mol. The highest BCUT2D eigenvalue weighted by atomic mass is 79.9. The second kappa shape index (κ2) is 9.40. The smallest absolute Gasteiger partial charge is 0.282 e. The lowest BCUT2D eigenvalue weighted by Gasteiger charge is -2.20. The van der Waals surface area contributed by atoms with Crippen molar-refractivity contribution in [2.24, 2.45) is 5.10 Å². The van der Waals surface area contributed by atoms with Gasteiger partial charge in [0.1, 0.15) is 5.82 Å². The molecule has 0 amide bonds. The molecule has 0 unspecified atom stereocenters. The largest absolute Gasteiger partial charge is 0.342 e. The molecule has 0 saturated heterocycles. The highest BCUT2D eigenvalue weighted by Crippen LogP contribution is 2.25. The minimum absolute atomic E-state index is 0.0558. The first-order chi connectivity index (χ1) is 17.6. The zero-order valence-corrected chi connectivity index (χ0v) is 22.1. The van der Waals surface area contributed by atoms with Crippen molar-refractivity contribution in [3.05, 3.63) is 115 Å². The molecule has 0 N–H and O–H groups in total. The standard InChI is InChI=1S/C28H24BrN5O3/c1-28(2,3)27-31-24-12-11-20(29)14-23(24)26(35)33(27)30-15-19-17-32(25-10-5-4-9-22(19)25)16-18-7-6-8-21(13-18)34(36)37/h4-15,17H,16H2,1-3H3. The van der Waals surface area contributed by atoms with Crippen molar-refractivity contribution in [2.75, 3.05) is 0 Å². The molecule has 0 fully saturated rings. The van der Waals surface area contributed by atoms with Gasteiger partial charge in [0.15, 0.2) is 0 Å². The van der Waals surface area contributed by atoms with Crippen LogP contribution in [0.25, 0.3) is 21.8 Å². The van der Waals surface area contributed by atoms with E-state index in [4.69, 9.17) is 4.98 Å². The Morgan fingerprint density at radius 3 is 2.59 bits per heavy atom. The number of nitro benzene ring substituents is 1. The summed E-state index contributed by atoms with van der Waals surface area (Å²) >= 11 is 3.44. The number of hydrogen-bond donors (Lipinski definition) is 0. The van der Waals surface area contributed by atoms with E-state index in [2.05, 4.69) is 21.0 Å². The van der Waals surface area contributed by atoms with Crippen molar-refractivity contribution in [3.8, 4) is 0 Å². The van der Waals surface area contributed by atoms with Gasteiger partial charge in [-0.15, -0.1) is 0 Å². The number of rotatable bonds is 5. The van der Waals surface area contributed by atoms with E-state index in [0.717, 1.165) is 26.5 Å². The van der Waals surface area contributed by atoms with Crippen molar-refractivity contribution in [1.82, 2.24) is 14.2 Å². The summed E-state index contributed by atoms with van der Waals surface area (Å²) in [7, 11) is 0. The number of aromatic nitrogens is 3. The number of non-ortho nitro benzene ring substituents is 1. The highest BCUT2D eigenvalue weighted by molar-refractivity contribution is 9.10. The summed E-state index contributed by atoms with van der Waals surface area (Å²) in [5, 5.41) is 17.3. The molecule has 37 heavy (non-hydrogen) atoms. The molecule has 0 saturated carbocycles. The van der Waals surface area contributed by atoms with Crippen LogP contribution in [0.3, 0.4) is 0 Å². The molecule has 0 radical (unpaired) electrons. The third-order valence-electron chi connectivity index (χ3n) is 6.09. The van der Waals surface area contributed by atoms with Gasteiger partial charge < -0.3 is 4.57 Å². The number of nitrogens with zero attached hydrogens (tertiary/aromatic N) is 5. The summed E-state index contributed by atoms with van der Waals surface area (Å²) in [6, 6.07) is 19.9. The normalized spacial score (nSPS) is 12.1. The molecule has 0 atom stereocenters. The lowest BCUT2D eigenvalue weighted by Crippen LogP contribution is -2.29. The third kappa shape index (κ3) is 4.82. The zero-order chi connectivity index (χ0) is 26.3. The lowest BCUT2D eigenvalue weighted by molar-refractivity contribution is -0.384. The first kappa shape index (κ1) is 24.6. The average Bonchev–Trinajstić information content (AvgIpc) is 3.20. The van der Waals surface area contributed by atoms with Gasteiger partial charge in [-0.1, -0.05) is 67.0 Å². The fraction of sp³-hybridized carbons (Fsp3) is 0.179. The van der Waals surface area contributed by atoms with Gasteiger partial charge in [-0.2, -0.15) is 9.78 Å². The van der Waals surface area contributed by atoms with E-state index in [-0.39, 0.29) is 11.2 Å². The summed E-state index contributed by atoms with van der Waals surface area (Å²) in [6.07, 6.45) is 3.62. The van der Waals surface area contributed by atoms with Crippen LogP contribution in [0.5, 0.6) is 0 Å². The molecule has 0 aliphatic heterocycles. The maximum Gasteiger partial charge on any atom is 0.282 e. The Morgan fingerprint density at radius 2 is 1.84 bits per heavy atom. The Morgan fingerprint density at radius 1 is 1.05 bits per heavy atom. The van der Waals surface area contributed by atoms with Crippen LogP contribution in [-0.2, 0) is 12.0 Å². The molecule has 5 rings (SSSR count). The van der Waals surface area contributed by atoms with Crippen LogP contribution in [0.15, 0.2) is 87.3 Å². The Balaban J connectivity index is 1.62. The number of halogens is 1. The summed E-state index contributed by atoms with van der Waals surface area (Å²) < 4.78 is 4.20. The average molecular weight is 558 g/mol. The van der Waals surface area contributed by atoms with Crippen LogP contribution >= 0.6 is 15.9 Å². The summed E-state index contributed by atoms with van der Waals surface area (Å²) in [4.78, 5) is 29.1. The molecule has 8 nitrogen and oxygen atoms in total. The topological polar surface area (TPSA) is 95.3 Å². The SMILES string of the molecule is CC(C)(C)c1nc2ccc(Br)cc2c(=O)n1N=Cc1cn(Cc2cccc([N+](=O)[O-])c2)c2ccccc12. The van der Waals surface area contributed by atoms with Crippen molar-refractivity contribution in [1.29, 1.82) is 0 Å². The number of nitro groups is 1. The van der Waals surface area contributed by atoms with Gasteiger partial charge in [0.2, 0.25) is 0 Å². The van der Waals surface area contributed by atoms with Crippen LogP contribution in [0, 0.1) is 10.1 Å². The van der Waals surface area contributed by atoms with E-state index in [1.54, 1.807) is 24.4 Å². The van der Waals surface area contributed by atoms with Crippen LogP contribution in [0.2, 0.25) is 0 Å². The molecule has 2 heterocycles. The van der Waals surface area contributed by atoms with Crippen molar-refractivity contribution in [3.63, 3.8) is 0 Å². The van der Waals surface area contributed by atoms with Crippen LogP contribution in [0.1, 0.15) is 37.7 Å². The van der Waals surface area contributed by atoms with E-state index >= 15 is 0 Å². The van der Waals surface area contributed by atoms with Gasteiger partial charge in [-0.05, 0) is 29.8 Å². The first-order valence-electron chi connectivity index (χ1n) is 11.7. The zero-order valence-electron chi connectivity index (χ0n) is 20.6. The fourth-order valence-corrected chi connectivity index (χ4v) is 4.70. The van der Waals surface area contributed by atoms with E-state index in [0.29, 0.717) is 23.3 Å². The summed E-state index contributed by atoms with van der Waals surface area (Å²) in [5.41, 5.74) is 2.61. The number of benzene rings is 3. The van der Waals surface area contributed by atoms with Crippen molar-refractivity contribution in [2.45, 2.75) is 32.7 Å². The first-order valence-corrected chi connectivity index (χ1v) is 12.5. The Bertz CT molecular complexity index is 1760. The lowest BCUT2D eigenvalue weighted by atomic mass is 9.95. The molecule has 0 spiro atoms. The maximum atomic E-state index is 13.5. The molecular weight excluding hydrogens is 534 g/mol. The molecule has 186 valence electrons. The second-order valence-electron chi connectivity index (χ2n) is 9.86. The fourth-order valence-electron chi connectivity index (χ4n) is 4.34. The van der Waals surface area contributed by atoms with Gasteiger partial charge in [0.05, 0.1) is 22.0 Å². The van der Waals surface area contributed by atoms with Gasteiger partial charge in [0.25, 0.3) is 11.2 Å². The maximum absolute atomic E-state index is 13.5. The molecule has 0 aliphatic rings. The van der Waals surface area contributed by atoms with Crippen LogP contribution in [-0.4, -0.2) is 25.4 Å². The molecular formula is C28H24BrN5O3. The van der Waals surface area contributed by atoms with Crippen molar-refractivity contribution < 1.29 is 4.92 Å². The monoisotopic (exact) mass is 557 g/mol. The van der Waals surface area contributed by atoms with E-state index in [9.17, 15) is 14.9 Å². The van der Waals surface area contributed by atoms with Crippen molar-refractivity contribution >= 4 is 49.6 Å². The van der Waals surface area contributed by atoms with Gasteiger partial charge >= 0.3 is 0 Å². The summed E-state index contributed by atoms with van der Waals surface area (Å²) in [5.74, 6) is 0.559. The van der Waals surface area contributed by atoms with Crippen LogP contribution in [0.4, 0.5) is 5.69 Å². The summed E-state index contributed by atoms with van der Waals surface area (Å²) in [6.45, 7) is 6.44. The van der Waals surface area contributed by atoms with Gasteiger partial charge in [-0.25, -0.2) is 4.98 Å². The van der Waals surface area contributed by atoms with E-state index < -0.39 is 10.3 Å². The second-order valence-corrected chi connectivity index (χ2v) is 10.8. The van der Waals surface area contributed by atoms with E-state index in [1.165, 1.54) is 10.7 Å². The Hall–Kier alpha value is -4.11. The number of hydrogen-bond acceptors (Lipinski definition) is 5. The highest BCUT2D eigenvalue weighted by Gasteiger charge is 2.23. The van der Waals surface area contributed by atoms with Crippen LogP contribution < -0.4 is 5.56 Å². The van der Waals surface area contributed by atoms with E-state index in [1.807, 2.05) is 74.0 Å². The molecule has 0 aliphatic carbocycles. The molecule has 2 aromatic heterocycles. The quantitative estimate of drug-likeness (QED) is 0.145. The Labute approximate surface area is 221 Å². The molecule has 3 aromatic carbocycles. The molecule has 5 aromatic rings. The third-order valence-corrected chi connectivity index (χ3v) is 6.58. The minimum atomic E-state index is -0.423. The minimum Gasteiger partial charge on any atom is -0.342 e. The molecule has 0 bridgehead atoms. The molecule has 9 heteroatoms. The number of para-hydroxylation sites is 1. The van der Waals surface area contributed by atoms with Gasteiger partial charge in [-0.3, -0.25) is 14.9 Å². The number of fused-ring (bicyclic) bond motifs is 2. The predicted octanol–water partition coefficient (Wildman–Crippen LogP) is 6.25. The van der Waals surface area contributed by atoms with Gasteiger partial charge in [0, 0.05) is 51.2 Å². The Kier molecular flexibility index (Phi) is 6.25.